The van der Waals surface area contributed by atoms with Crippen LogP contribution in [0.4, 0.5) is 5.69 Å². The van der Waals surface area contributed by atoms with Crippen LogP contribution in [0.25, 0.3) is 0 Å². The van der Waals surface area contributed by atoms with Gasteiger partial charge in [0.2, 0.25) is 15.9 Å². The zero-order valence-electron chi connectivity index (χ0n) is 15.2. The third-order valence-electron chi connectivity index (χ3n) is 3.76. The summed E-state index contributed by atoms with van der Waals surface area (Å²) < 4.78 is 28.2. The molecule has 2 aromatic carbocycles. The molecule has 2 rings (SSSR count). The molecule has 3 N–H and O–H groups in total. The lowest BCUT2D eigenvalue weighted by molar-refractivity contribution is -0.116. The molecule has 6 nitrogen and oxygen atoms in total. The van der Waals surface area contributed by atoms with Crippen molar-refractivity contribution < 1.29 is 17.9 Å². The summed E-state index contributed by atoms with van der Waals surface area (Å²) in [5.41, 5.74) is 1.65. The van der Waals surface area contributed by atoms with Gasteiger partial charge in [-0.2, -0.15) is 0 Å². The molecule has 2 aromatic rings. The molecule has 0 heterocycles. The van der Waals surface area contributed by atoms with E-state index in [4.69, 9.17) is 9.88 Å². The van der Waals surface area contributed by atoms with Crippen molar-refractivity contribution in [2.75, 3.05) is 11.9 Å². The Hall–Kier alpha value is -2.38. The third kappa shape index (κ3) is 5.86. The SMILES string of the molecule is CC(C)(C)c1ccc(OCCC(=O)Nc2cccc(S(N)(=O)=O)c2)cc1. The molecule has 0 bridgehead atoms. The van der Waals surface area contributed by atoms with Crippen molar-refractivity contribution >= 4 is 21.6 Å². The molecule has 140 valence electrons. The fraction of sp³-hybridized carbons (Fsp3) is 0.316. The highest BCUT2D eigenvalue weighted by Gasteiger charge is 2.13. The van der Waals surface area contributed by atoms with Crippen molar-refractivity contribution in [3.63, 3.8) is 0 Å². The summed E-state index contributed by atoms with van der Waals surface area (Å²) in [5, 5.41) is 7.71. The zero-order chi connectivity index (χ0) is 19.4. The number of carbonyl (C=O) groups excluding carboxylic acids is 1. The van der Waals surface area contributed by atoms with E-state index in [0.717, 1.165) is 0 Å². The number of hydrogen-bond donors (Lipinski definition) is 2. The predicted octanol–water partition coefficient (Wildman–Crippen LogP) is 3.04. The fourth-order valence-electron chi connectivity index (χ4n) is 2.29. The number of benzene rings is 2. The maximum Gasteiger partial charge on any atom is 0.238 e. The maximum absolute atomic E-state index is 12.0. The van der Waals surface area contributed by atoms with Gasteiger partial charge in [0.1, 0.15) is 5.75 Å². The van der Waals surface area contributed by atoms with Crippen LogP contribution in [0.15, 0.2) is 53.4 Å². The van der Waals surface area contributed by atoms with Crippen molar-refractivity contribution in [1.29, 1.82) is 0 Å². The molecule has 1 amide bonds. The Morgan fingerprint density at radius 3 is 2.35 bits per heavy atom. The number of amides is 1. The lowest BCUT2D eigenvalue weighted by Crippen LogP contribution is -2.16. The minimum Gasteiger partial charge on any atom is -0.493 e. The van der Waals surface area contributed by atoms with Crippen molar-refractivity contribution in [2.45, 2.75) is 37.5 Å². The number of hydrogen-bond acceptors (Lipinski definition) is 4. The summed E-state index contributed by atoms with van der Waals surface area (Å²) in [6.45, 7) is 6.63. The van der Waals surface area contributed by atoms with Crippen LogP contribution >= 0.6 is 0 Å². The first-order valence-electron chi connectivity index (χ1n) is 8.22. The van der Waals surface area contributed by atoms with E-state index in [-0.39, 0.29) is 29.2 Å². The average Bonchev–Trinajstić information content (AvgIpc) is 2.54. The van der Waals surface area contributed by atoms with Gasteiger partial charge >= 0.3 is 0 Å². The van der Waals surface area contributed by atoms with Gasteiger partial charge in [0.15, 0.2) is 0 Å². The summed E-state index contributed by atoms with van der Waals surface area (Å²) in [5.74, 6) is 0.421. The summed E-state index contributed by atoms with van der Waals surface area (Å²) >= 11 is 0. The number of rotatable bonds is 6. The molecule has 0 atom stereocenters. The second-order valence-corrected chi connectivity index (χ2v) is 8.56. The van der Waals surface area contributed by atoms with Crippen molar-refractivity contribution in [2.24, 2.45) is 5.14 Å². The normalized spacial score (nSPS) is 11.8. The number of sulfonamides is 1. The number of carbonyl (C=O) groups is 1. The quantitative estimate of drug-likeness (QED) is 0.809. The molecule has 0 unspecified atom stereocenters. The minimum absolute atomic E-state index is 0.0505. The molecule has 0 spiro atoms. The third-order valence-corrected chi connectivity index (χ3v) is 4.68. The van der Waals surface area contributed by atoms with Gasteiger partial charge in [0.25, 0.3) is 0 Å². The van der Waals surface area contributed by atoms with Crippen molar-refractivity contribution in [3.8, 4) is 5.75 Å². The van der Waals surface area contributed by atoms with E-state index >= 15 is 0 Å². The van der Waals surface area contributed by atoms with E-state index in [1.54, 1.807) is 6.07 Å². The van der Waals surface area contributed by atoms with E-state index in [1.807, 2.05) is 24.3 Å². The molecule has 0 radical (unpaired) electrons. The molecule has 0 aromatic heterocycles. The summed E-state index contributed by atoms with van der Waals surface area (Å²) in [7, 11) is -3.80. The van der Waals surface area contributed by atoms with Gasteiger partial charge in [-0.1, -0.05) is 39.0 Å². The van der Waals surface area contributed by atoms with Crippen LogP contribution in [-0.2, 0) is 20.2 Å². The lowest BCUT2D eigenvalue weighted by Gasteiger charge is -2.19. The summed E-state index contributed by atoms with van der Waals surface area (Å²) in [6.07, 6.45) is 0.140. The Balaban J connectivity index is 1.86. The molecule has 7 heteroatoms. The fourth-order valence-corrected chi connectivity index (χ4v) is 2.85. The number of anilines is 1. The second kappa shape index (κ2) is 7.88. The van der Waals surface area contributed by atoms with Gasteiger partial charge in [0, 0.05) is 5.69 Å². The van der Waals surface area contributed by atoms with Crippen LogP contribution in [0, 0.1) is 0 Å². The average molecular weight is 376 g/mol. The van der Waals surface area contributed by atoms with E-state index in [0.29, 0.717) is 11.4 Å². The Bertz CT molecular complexity index is 869. The van der Waals surface area contributed by atoms with Crippen LogP contribution in [-0.4, -0.2) is 20.9 Å². The Morgan fingerprint density at radius 1 is 1.12 bits per heavy atom. The predicted molar refractivity (Wildman–Crippen MR) is 102 cm³/mol. The summed E-state index contributed by atoms with van der Waals surface area (Å²) in [4.78, 5) is 11.9. The van der Waals surface area contributed by atoms with Crippen LogP contribution in [0.3, 0.4) is 0 Å². The molecule has 0 aliphatic rings. The van der Waals surface area contributed by atoms with Crippen molar-refractivity contribution in [1.82, 2.24) is 0 Å². The van der Waals surface area contributed by atoms with E-state index in [2.05, 4.69) is 26.1 Å². The molecule has 0 saturated carbocycles. The molecular weight excluding hydrogens is 352 g/mol. The first-order valence-corrected chi connectivity index (χ1v) is 9.76. The van der Waals surface area contributed by atoms with E-state index in [1.165, 1.54) is 23.8 Å². The largest absolute Gasteiger partial charge is 0.493 e. The first kappa shape index (κ1) is 19.9. The maximum atomic E-state index is 12.0. The highest BCUT2D eigenvalue weighted by atomic mass is 32.2. The standard InChI is InChI=1S/C19H24N2O4S/c1-19(2,3)14-7-9-16(10-8-14)25-12-11-18(22)21-15-5-4-6-17(13-15)26(20,23)24/h4-10,13H,11-12H2,1-3H3,(H,21,22)(H2,20,23,24). The molecule has 0 saturated heterocycles. The molecular formula is C19H24N2O4S. The number of ether oxygens (including phenoxy) is 1. The minimum atomic E-state index is -3.80. The Labute approximate surface area is 154 Å². The Morgan fingerprint density at radius 2 is 1.77 bits per heavy atom. The van der Waals surface area contributed by atoms with Gasteiger partial charge in [-0.25, -0.2) is 13.6 Å². The first-order chi connectivity index (χ1) is 12.1. The van der Waals surface area contributed by atoms with Gasteiger partial charge in [-0.15, -0.1) is 0 Å². The number of nitrogens with two attached hydrogens (primary N) is 1. The number of primary sulfonamides is 1. The zero-order valence-corrected chi connectivity index (χ0v) is 16.0. The van der Waals surface area contributed by atoms with Crippen molar-refractivity contribution in [3.05, 3.63) is 54.1 Å². The Kier molecular flexibility index (Phi) is 6.05. The van der Waals surface area contributed by atoms with Gasteiger partial charge in [-0.3, -0.25) is 4.79 Å². The van der Waals surface area contributed by atoms with Gasteiger partial charge in [-0.05, 0) is 41.3 Å². The van der Waals surface area contributed by atoms with Crippen LogP contribution in [0.1, 0.15) is 32.8 Å². The summed E-state index contributed by atoms with van der Waals surface area (Å²) in [6, 6.07) is 13.6. The smallest absolute Gasteiger partial charge is 0.238 e. The topological polar surface area (TPSA) is 98.5 Å². The van der Waals surface area contributed by atoms with E-state index in [9.17, 15) is 13.2 Å². The van der Waals surface area contributed by atoms with Gasteiger partial charge < -0.3 is 10.1 Å². The highest BCUT2D eigenvalue weighted by Crippen LogP contribution is 2.24. The van der Waals surface area contributed by atoms with Gasteiger partial charge in [0.05, 0.1) is 17.9 Å². The molecule has 0 aliphatic heterocycles. The molecule has 0 aliphatic carbocycles. The molecule has 0 fully saturated rings. The lowest BCUT2D eigenvalue weighted by atomic mass is 9.87. The highest BCUT2D eigenvalue weighted by molar-refractivity contribution is 7.89. The van der Waals surface area contributed by atoms with E-state index < -0.39 is 10.0 Å². The number of nitrogens with one attached hydrogen (secondary N) is 1. The molecule has 26 heavy (non-hydrogen) atoms. The van der Waals surface area contributed by atoms with Crippen LogP contribution in [0.2, 0.25) is 0 Å². The van der Waals surface area contributed by atoms with Crippen LogP contribution in [0.5, 0.6) is 5.75 Å². The monoisotopic (exact) mass is 376 g/mol. The van der Waals surface area contributed by atoms with Crippen LogP contribution < -0.4 is 15.2 Å². The second-order valence-electron chi connectivity index (χ2n) is 6.99.